The number of nitrogens with one attached hydrogen (secondary N) is 1. The van der Waals surface area contributed by atoms with Crippen LogP contribution in [0.3, 0.4) is 0 Å². The standard InChI is InChI=1S/C11H14F2N2O3/c12-6-1-2-7(8(13)3-6)9(16)4-15-5-10(17)11(14)18/h1-3,9-10,15-17H,4-5H2,(H2,14,18). The molecule has 0 aromatic heterocycles. The minimum Gasteiger partial charge on any atom is -0.387 e. The summed E-state index contributed by atoms with van der Waals surface area (Å²) in [6.07, 6.45) is -2.60. The van der Waals surface area contributed by atoms with E-state index < -0.39 is 29.7 Å². The van der Waals surface area contributed by atoms with E-state index in [-0.39, 0.29) is 18.7 Å². The summed E-state index contributed by atoms with van der Waals surface area (Å²) in [5.41, 5.74) is 4.74. The molecule has 0 aliphatic carbocycles. The minimum absolute atomic E-state index is 0.0718. The maximum absolute atomic E-state index is 13.3. The van der Waals surface area contributed by atoms with E-state index in [0.29, 0.717) is 6.07 Å². The highest BCUT2D eigenvalue weighted by Gasteiger charge is 2.15. The number of rotatable bonds is 6. The average Bonchev–Trinajstić information content (AvgIpc) is 2.28. The van der Waals surface area contributed by atoms with E-state index in [9.17, 15) is 18.7 Å². The predicted octanol–water partition coefficient (Wildman–Crippen LogP) is -0.566. The molecule has 1 rings (SSSR count). The molecular weight excluding hydrogens is 246 g/mol. The molecule has 0 heterocycles. The zero-order valence-electron chi connectivity index (χ0n) is 9.44. The van der Waals surface area contributed by atoms with Crippen molar-refractivity contribution in [2.45, 2.75) is 12.2 Å². The Bertz CT molecular complexity index is 429. The summed E-state index contributed by atoms with van der Waals surface area (Å²) in [7, 11) is 0. The summed E-state index contributed by atoms with van der Waals surface area (Å²) < 4.78 is 25.9. The highest BCUT2D eigenvalue weighted by atomic mass is 19.1. The van der Waals surface area contributed by atoms with Gasteiger partial charge >= 0.3 is 0 Å². The van der Waals surface area contributed by atoms with Crippen molar-refractivity contribution < 1.29 is 23.8 Å². The second-order valence-corrected chi connectivity index (χ2v) is 3.76. The van der Waals surface area contributed by atoms with Crippen LogP contribution in [0.15, 0.2) is 18.2 Å². The predicted molar refractivity (Wildman–Crippen MR) is 59.4 cm³/mol. The normalized spacial score (nSPS) is 14.2. The molecule has 1 aromatic rings. The molecule has 18 heavy (non-hydrogen) atoms. The Morgan fingerprint density at radius 2 is 2.00 bits per heavy atom. The molecule has 0 radical (unpaired) electrons. The third-order valence-corrected chi connectivity index (χ3v) is 2.33. The number of aliphatic hydroxyl groups is 2. The molecule has 2 atom stereocenters. The number of halogens is 2. The van der Waals surface area contributed by atoms with E-state index in [1.165, 1.54) is 0 Å². The van der Waals surface area contributed by atoms with Crippen LogP contribution in [0.25, 0.3) is 0 Å². The molecule has 100 valence electrons. The SMILES string of the molecule is NC(=O)C(O)CNCC(O)c1ccc(F)cc1F. The van der Waals surface area contributed by atoms with Crippen LogP contribution in [0, 0.1) is 11.6 Å². The molecule has 2 unspecified atom stereocenters. The van der Waals surface area contributed by atoms with Gasteiger partial charge in [-0.3, -0.25) is 4.79 Å². The van der Waals surface area contributed by atoms with Gasteiger partial charge in [0.15, 0.2) is 0 Å². The summed E-state index contributed by atoms with van der Waals surface area (Å²) in [6, 6.07) is 2.82. The Morgan fingerprint density at radius 1 is 1.33 bits per heavy atom. The second kappa shape index (κ2) is 6.39. The van der Waals surface area contributed by atoms with Crippen molar-refractivity contribution in [3.8, 4) is 0 Å². The molecular formula is C11H14F2N2O3. The molecule has 0 fully saturated rings. The second-order valence-electron chi connectivity index (χ2n) is 3.76. The Balaban J connectivity index is 2.50. The van der Waals surface area contributed by atoms with Gasteiger partial charge in [-0.1, -0.05) is 6.07 Å². The highest BCUT2D eigenvalue weighted by Crippen LogP contribution is 2.17. The van der Waals surface area contributed by atoms with Crippen LogP contribution in [0.4, 0.5) is 8.78 Å². The van der Waals surface area contributed by atoms with Crippen LogP contribution in [0.2, 0.25) is 0 Å². The van der Waals surface area contributed by atoms with Gasteiger partial charge in [0.25, 0.3) is 0 Å². The molecule has 5 nitrogen and oxygen atoms in total. The van der Waals surface area contributed by atoms with Gasteiger partial charge in [0, 0.05) is 24.7 Å². The number of carbonyl (C=O) groups is 1. The third kappa shape index (κ3) is 4.02. The van der Waals surface area contributed by atoms with E-state index in [1.54, 1.807) is 0 Å². The smallest absolute Gasteiger partial charge is 0.247 e. The first-order valence-corrected chi connectivity index (χ1v) is 5.23. The largest absolute Gasteiger partial charge is 0.387 e. The summed E-state index contributed by atoms with van der Waals surface area (Å²) in [5, 5.41) is 21.2. The van der Waals surface area contributed by atoms with Gasteiger partial charge in [-0.25, -0.2) is 8.78 Å². The van der Waals surface area contributed by atoms with E-state index in [0.717, 1.165) is 12.1 Å². The number of nitrogens with two attached hydrogens (primary N) is 1. The number of carbonyl (C=O) groups excluding carboxylic acids is 1. The fourth-order valence-electron chi connectivity index (χ4n) is 1.34. The van der Waals surface area contributed by atoms with Crippen LogP contribution in [-0.2, 0) is 4.79 Å². The number of hydrogen-bond acceptors (Lipinski definition) is 4. The number of primary amides is 1. The van der Waals surface area contributed by atoms with Crippen LogP contribution in [0.5, 0.6) is 0 Å². The molecule has 0 bridgehead atoms. The van der Waals surface area contributed by atoms with E-state index in [1.807, 2.05) is 0 Å². The monoisotopic (exact) mass is 260 g/mol. The van der Waals surface area contributed by atoms with Crippen LogP contribution < -0.4 is 11.1 Å². The van der Waals surface area contributed by atoms with E-state index in [4.69, 9.17) is 10.8 Å². The Morgan fingerprint density at radius 3 is 2.56 bits per heavy atom. The summed E-state index contributed by atoms with van der Waals surface area (Å²) >= 11 is 0. The first-order chi connectivity index (χ1) is 8.41. The quantitative estimate of drug-likeness (QED) is 0.551. The van der Waals surface area contributed by atoms with E-state index in [2.05, 4.69) is 5.32 Å². The van der Waals surface area contributed by atoms with Crippen molar-refractivity contribution in [3.63, 3.8) is 0 Å². The zero-order valence-corrected chi connectivity index (χ0v) is 9.44. The van der Waals surface area contributed by atoms with Crippen LogP contribution in [0.1, 0.15) is 11.7 Å². The highest BCUT2D eigenvalue weighted by molar-refractivity contribution is 5.78. The van der Waals surface area contributed by atoms with Crippen molar-refractivity contribution >= 4 is 5.91 Å². The van der Waals surface area contributed by atoms with Crippen molar-refractivity contribution in [1.82, 2.24) is 5.32 Å². The van der Waals surface area contributed by atoms with Gasteiger partial charge in [-0.15, -0.1) is 0 Å². The molecule has 0 spiro atoms. The number of hydrogen-bond donors (Lipinski definition) is 4. The summed E-state index contributed by atoms with van der Waals surface area (Å²) in [6.45, 7) is -0.262. The van der Waals surface area contributed by atoms with Crippen molar-refractivity contribution in [2.75, 3.05) is 13.1 Å². The molecule has 0 saturated heterocycles. The number of amides is 1. The first-order valence-electron chi connectivity index (χ1n) is 5.23. The summed E-state index contributed by atoms with van der Waals surface area (Å²) in [5.74, 6) is -2.50. The summed E-state index contributed by atoms with van der Waals surface area (Å²) in [4.78, 5) is 10.5. The Labute approximate surface area is 102 Å². The maximum Gasteiger partial charge on any atom is 0.247 e. The third-order valence-electron chi connectivity index (χ3n) is 2.33. The number of aliphatic hydroxyl groups excluding tert-OH is 2. The lowest BCUT2D eigenvalue weighted by molar-refractivity contribution is -0.125. The van der Waals surface area contributed by atoms with Crippen molar-refractivity contribution in [3.05, 3.63) is 35.4 Å². The van der Waals surface area contributed by atoms with Gasteiger partial charge < -0.3 is 21.3 Å². The Hall–Kier alpha value is -1.57. The molecule has 0 aliphatic rings. The lowest BCUT2D eigenvalue weighted by Crippen LogP contribution is -2.39. The lowest BCUT2D eigenvalue weighted by Gasteiger charge is -2.14. The minimum atomic E-state index is -1.38. The molecule has 5 N–H and O–H groups in total. The molecule has 0 saturated carbocycles. The van der Waals surface area contributed by atoms with Gasteiger partial charge in [-0.05, 0) is 6.07 Å². The van der Waals surface area contributed by atoms with Gasteiger partial charge in [0.05, 0.1) is 6.10 Å². The zero-order chi connectivity index (χ0) is 13.7. The Kier molecular flexibility index (Phi) is 5.14. The van der Waals surface area contributed by atoms with Gasteiger partial charge in [-0.2, -0.15) is 0 Å². The topological polar surface area (TPSA) is 95.6 Å². The maximum atomic E-state index is 13.3. The first kappa shape index (κ1) is 14.5. The van der Waals surface area contributed by atoms with E-state index >= 15 is 0 Å². The van der Waals surface area contributed by atoms with Crippen molar-refractivity contribution in [1.29, 1.82) is 0 Å². The van der Waals surface area contributed by atoms with Crippen LogP contribution >= 0.6 is 0 Å². The number of benzene rings is 1. The van der Waals surface area contributed by atoms with Gasteiger partial charge in [0.2, 0.25) is 5.91 Å². The fraction of sp³-hybridized carbons (Fsp3) is 0.364. The molecule has 1 amide bonds. The average molecular weight is 260 g/mol. The van der Waals surface area contributed by atoms with Crippen LogP contribution in [-0.4, -0.2) is 35.3 Å². The van der Waals surface area contributed by atoms with Crippen molar-refractivity contribution in [2.24, 2.45) is 5.73 Å². The molecule has 7 heteroatoms. The molecule has 1 aromatic carbocycles. The lowest BCUT2D eigenvalue weighted by atomic mass is 10.1. The van der Waals surface area contributed by atoms with Gasteiger partial charge in [0.1, 0.15) is 17.7 Å². The molecule has 0 aliphatic heterocycles. The fourth-order valence-corrected chi connectivity index (χ4v) is 1.34.